The Balaban J connectivity index is 1.58. The molecular formula is C25H16ClNO2S. The zero-order chi connectivity index (χ0) is 20.7. The summed E-state index contributed by atoms with van der Waals surface area (Å²) < 4.78 is 0. The molecule has 2 amide bonds. The first kappa shape index (κ1) is 18.9. The zero-order valence-electron chi connectivity index (χ0n) is 15.8. The molecule has 5 heteroatoms. The molecule has 0 spiro atoms. The van der Waals surface area contributed by atoms with Crippen molar-refractivity contribution in [1.29, 1.82) is 0 Å². The Bertz CT molecular complexity index is 1290. The Morgan fingerprint density at radius 3 is 2.07 bits per heavy atom. The predicted molar refractivity (Wildman–Crippen MR) is 124 cm³/mol. The van der Waals surface area contributed by atoms with Gasteiger partial charge >= 0.3 is 0 Å². The van der Waals surface area contributed by atoms with E-state index in [4.69, 9.17) is 11.6 Å². The van der Waals surface area contributed by atoms with Gasteiger partial charge in [0.1, 0.15) is 0 Å². The average molecular weight is 430 g/mol. The van der Waals surface area contributed by atoms with E-state index in [-0.39, 0.29) is 17.7 Å². The van der Waals surface area contributed by atoms with Crippen molar-refractivity contribution in [3.8, 4) is 0 Å². The summed E-state index contributed by atoms with van der Waals surface area (Å²) in [5, 5.41) is 4.67. The van der Waals surface area contributed by atoms with E-state index in [0.29, 0.717) is 9.93 Å². The highest BCUT2D eigenvalue weighted by molar-refractivity contribution is 8.18. The third-order valence-electron chi connectivity index (χ3n) is 5.22. The van der Waals surface area contributed by atoms with Crippen molar-refractivity contribution in [2.24, 2.45) is 0 Å². The van der Waals surface area contributed by atoms with E-state index in [0.717, 1.165) is 44.4 Å². The maximum absolute atomic E-state index is 13.1. The monoisotopic (exact) mass is 429 g/mol. The number of hydrogen-bond donors (Lipinski definition) is 0. The maximum atomic E-state index is 13.1. The molecule has 1 fully saturated rings. The minimum atomic E-state index is -0.267. The van der Waals surface area contributed by atoms with Crippen LogP contribution in [0, 0.1) is 0 Å². The molecule has 4 aromatic rings. The Kier molecular flexibility index (Phi) is 4.81. The van der Waals surface area contributed by atoms with Crippen molar-refractivity contribution in [2.75, 3.05) is 0 Å². The summed E-state index contributed by atoms with van der Waals surface area (Å²) in [4.78, 5) is 27.4. The first-order valence-electron chi connectivity index (χ1n) is 9.50. The number of amides is 2. The van der Waals surface area contributed by atoms with Gasteiger partial charge in [-0.25, -0.2) is 0 Å². The van der Waals surface area contributed by atoms with Gasteiger partial charge in [-0.3, -0.25) is 14.5 Å². The molecule has 5 rings (SSSR count). The lowest BCUT2D eigenvalue weighted by molar-refractivity contribution is -0.123. The topological polar surface area (TPSA) is 37.4 Å². The second-order valence-corrected chi connectivity index (χ2v) is 8.56. The van der Waals surface area contributed by atoms with E-state index in [9.17, 15) is 9.59 Å². The summed E-state index contributed by atoms with van der Waals surface area (Å²) >= 11 is 6.92. The lowest BCUT2D eigenvalue weighted by atomic mass is 9.96. The second kappa shape index (κ2) is 7.63. The Morgan fingerprint density at radius 1 is 0.833 bits per heavy atom. The SMILES string of the molecule is O=C1S/C(=C/c2c3ccccc3cc3ccccc23)C(=O)N1Cc1ccc(Cl)cc1. The van der Waals surface area contributed by atoms with E-state index in [2.05, 4.69) is 18.2 Å². The van der Waals surface area contributed by atoms with Crippen molar-refractivity contribution in [3.05, 3.63) is 99.9 Å². The summed E-state index contributed by atoms with van der Waals surface area (Å²) in [7, 11) is 0. The molecule has 0 saturated carbocycles. The fourth-order valence-electron chi connectivity index (χ4n) is 3.74. The molecule has 0 bridgehead atoms. The van der Waals surface area contributed by atoms with Crippen LogP contribution in [-0.4, -0.2) is 16.0 Å². The molecule has 3 nitrogen and oxygen atoms in total. The summed E-state index contributed by atoms with van der Waals surface area (Å²) in [5.41, 5.74) is 1.82. The number of fused-ring (bicyclic) bond motifs is 2. The summed E-state index contributed by atoms with van der Waals surface area (Å²) in [6, 6.07) is 25.5. The number of halogens is 1. The van der Waals surface area contributed by atoms with Gasteiger partial charge in [0, 0.05) is 5.02 Å². The molecule has 146 valence electrons. The molecule has 30 heavy (non-hydrogen) atoms. The van der Waals surface area contributed by atoms with Crippen molar-refractivity contribution >= 4 is 62.1 Å². The molecule has 1 aliphatic heterocycles. The minimum Gasteiger partial charge on any atom is -0.268 e. The predicted octanol–water partition coefficient (Wildman–Crippen LogP) is 6.88. The van der Waals surface area contributed by atoms with Gasteiger partial charge < -0.3 is 0 Å². The molecule has 0 aliphatic carbocycles. The van der Waals surface area contributed by atoms with E-state index in [1.807, 2.05) is 54.6 Å². The number of nitrogens with zero attached hydrogens (tertiary/aromatic N) is 1. The van der Waals surface area contributed by atoms with Gasteiger partial charge in [0.15, 0.2) is 0 Å². The first-order chi connectivity index (χ1) is 14.6. The maximum Gasteiger partial charge on any atom is 0.293 e. The van der Waals surface area contributed by atoms with E-state index < -0.39 is 0 Å². The smallest absolute Gasteiger partial charge is 0.268 e. The van der Waals surface area contributed by atoms with E-state index in [1.165, 1.54) is 4.90 Å². The van der Waals surface area contributed by atoms with Gasteiger partial charge in [-0.2, -0.15) is 0 Å². The molecule has 0 aromatic heterocycles. The molecular weight excluding hydrogens is 414 g/mol. The summed E-state index contributed by atoms with van der Waals surface area (Å²) in [5.74, 6) is -0.267. The standard InChI is InChI=1S/C25H16ClNO2S/c26-19-11-9-16(10-12-19)15-27-24(28)23(30-25(27)29)14-22-20-7-3-1-5-17(20)13-18-6-2-4-8-21(18)22/h1-14H,15H2/b23-14+. The highest BCUT2D eigenvalue weighted by atomic mass is 35.5. The van der Waals surface area contributed by atoms with Crippen LogP contribution < -0.4 is 0 Å². The van der Waals surface area contributed by atoms with Gasteiger partial charge in [0.25, 0.3) is 11.1 Å². The van der Waals surface area contributed by atoms with Crippen LogP contribution in [0.1, 0.15) is 11.1 Å². The number of hydrogen-bond acceptors (Lipinski definition) is 3. The Hall–Kier alpha value is -3.08. The summed E-state index contributed by atoms with van der Waals surface area (Å²) in [6.45, 7) is 0.232. The highest BCUT2D eigenvalue weighted by Gasteiger charge is 2.35. The van der Waals surface area contributed by atoms with Crippen molar-refractivity contribution in [2.45, 2.75) is 6.54 Å². The molecule has 4 aromatic carbocycles. The number of benzene rings is 4. The van der Waals surface area contributed by atoms with Crippen LogP contribution in [0.5, 0.6) is 0 Å². The molecule has 1 heterocycles. The fourth-order valence-corrected chi connectivity index (χ4v) is 4.69. The largest absolute Gasteiger partial charge is 0.293 e. The molecule has 0 unspecified atom stereocenters. The van der Waals surface area contributed by atoms with Crippen molar-refractivity contribution in [3.63, 3.8) is 0 Å². The molecule has 1 aliphatic rings. The Morgan fingerprint density at radius 2 is 1.43 bits per heavy atom. The van der Waals surface area contributed by atoms with Crippen LogP contribution in [0.3, 0.4) is 0 Å². The van der Waals surface area contributed by atoms with Crippen LogP contribution in [0.4, 0.5) is 4.79 Å². The van der Waals surface area contributed by atoms with Crippen molar-refractivity contribution in [1.82, 2.24) is 4.90 Å². The van der Waals surface area contributed by atoms with E-state index >= 15 is 0 Å². The van der Waals surface area contributed by atoms with Crippen LogP contribution in [-0.2, 0) is 11.3 Å². The quantitative estimate of drug-likeness (QED) is 0.263. The minimum absolute atomic E-state index is 0.232. The number of rotatable bonds is 3. The lowest BCUT2D eigenvalue weighted by Gasteiger charge is -2.12. The summed E-state index contributed by atoms with van der Waals surface area (Å²) in [6.07, 6.45) is 1.86. The second-order valence-electron chi connectivity index (χ2n) is 7.13. The third kappa shape index (κ3) is 3.38. The third-order valence-corrected chi connectivity index (χ3v) is 6.38. The van der Waals surface area contributed by atoms with Crippen LogP contribution in [0.2, 0.25) is 5.02 Å². The van der Waals surface area contributed by atoms with Crippen LogP contribution in [0.25, 0.3) is 27.6 Å². The fraction of sp³-hybridized carbons (Fsp3) is 0.0400. The van der Waals surface area contributed by atoms with Gasteiger partial charge in [-0.15, -0.1) is 0 Å². The number of thioether (sulfide) groups is 1. The average Bonchev–Trinajstić information content (AvgIpc) is 3.02. The number of imide groups is 1. The van der Waals surface area contributed by atoms with Gasteiger partial charge in [0.05, 0.1) is 11.4 Å². The normalized spacial score (nSPS) is 15.6. The van der Waals surface area contributed by atoms with Gasteiger partial charge in [-0.1, -0.05) is 72.3 Å². The highest BCUT2D eigenvalue weighted by Crippen LogP contribution is 2.37. The Labute approximate surface area is 182 Å². The number of carbonyl (C=O) groups excluding carboxylic acids is 2. The van der Waals surface area contributed by atoms with Crippen LogP contribution >= 0.6 is 23.4 Å². The molecule has 0 atom stereocenters. The molecule has 1 saturated heterocycles. The zero-order valence-corrected chi connectivity index (χ0v) is 17.4. The first-order valence-corrected chi connectivity index (χ1v) is 10.7. The molecule has 0 N–H and O–H groups in total. The van der Waals surface area contributed by atoms with Gasteiger partial charge in [-0.05, 0) is 68.7 Å². The van der Waals surface area contributed by atoms with Gasteiger partial charge in [0.2, 0.25) is 0 Å². The van der Waals surface area contributed by atoms with E-state index in [1.54, 1.807) is 12.1 Å². The lowest BCUT2D eigenvalue weighted by Crippen LogP contribution is -2.27. The van der Waals surface area contributed by atoms with Crippen molar-refractivity contribution < 1.29 is 9.59 Å². The van der Waals surface area contributed by atoms with Crippen LogP contribution in [0.15, 0.2) is 83.8 Å². The molecule has 0 radical (unpaired) electrons. The number of carbonyl (C=O) groups is 2.